The quantitative estimate of drug-likeness (QED) is 0.645. The molecule has 0 bridgehead atoms. The second kappa shape index (κ2) is 8.03. The highest BCUT2D eigenvalue weighted by molar-refractivity contribution is 7.83. The van der Waals surface area contributed by atoms with Gasteiger partial charge in [0.25, 0.3) is 0 Å². The summed E-state index contributed by atoms with van der Waals surface area (Å²) in [5, 5.41) is 3.60. The largest absolute Gasteiger partial charge is 0.323 e. The summed E-state index contributed by atoms with van der Waals surface area (Å²) < 4.78 is 13.2. The molecular formula is C18H15Cl2N3O2S. The number of nitrogens with zero attached hydrogens (tertiary/aromatic N) is 2. The Morgan fingerprint density at radius 1 is 1.31 bits per heavy atom. The van der Waals surface area contributed by atoms with Gasteiger partial charge in [-0.2, -0.15) is 0 Å². The van der Waals surface area contributed by atoms with E-state index in [0.29, 0.717) is 33.0 Å². The number of halogens is 2. The summed E-state index contributed by atoms with van der Waals surface area (Å²) in [7, 11) is -1.02. The van der Waals surface area contributed by atoms with Crippen LogP contribution in [-0.2, 0) is 21.3 Å². The van der Waals surface area contributed by atoms with Gasteiger partial charge in [0.15, 0.2) is 5.15 Å². The Labute approximate surface area is 163 Å². The maximum Gasteiger partial charge on any atom is 0.248 e. The Kier molecular flexibility index (Phi) is 5.76. The molecule has 0 radical (unpaired) electrons. The van der Waals surface area contributed by atoms with Gasteiger partial charge >= 0.3 is 0 Å². The zero-order valence-electron chi connectivity index (χ0n) is 13.8. The molecule has 134 valence electrons. The summed E-state index contributed by atoms with van der Waals surface area (Å²) in [5.74, 6) is 0.00773. The number of pyridine rings is 1. The molecule has 26 heavy (non-hydrogen) atoms. The number of carbonyl (C=O) groups excluding carboxylic acids is 1. The van der Waals surface area contributed by atoms with E-state index in [2.05, 4.69) is 10.3 Å². The first-order valence-corrected chi connectivity index (χ1v) is 10.1. The van der Waals surface area contributed by atoms with Crippen LogP contribution in [-0.4, -0.2) is 25.8 Å². The predicted molar refractivity (Wildman–Crippen MR) is 107 cm³/mol. The van der Waals surface area contributed by atoms with Crippen LogP contribution in [0.3, 0.4) is 0 Å². The van der Waals surface area contributed by atoms with Gasteiger partial charge in [0.05, 0.1) is 5.69 Å². The molecule has 0 aliphatic heterocycles. The highest BCUT2D eigenvalue weighted by Gasteiger charge is 2.08. The molecule has 5 nitrogen and oxygen atoms in total. The van der Waals surface area contributed by atoms with Crippen molar-refractivity contribution in [3.63, 3.8) is 0 Å². The lowest BCUT2D eigenvalue weighted by molar-refractivity contribution is -0.111. The average molecular weight is 408 g/mol. The summed E-state index contributed by atoms with van der Waals surface area (Å²) in [6.45, 7) is 0. The molecule has 1 aromatic carbocycles. The molecule has 0 aliphatic carbocycles. The average Bonchev–Trinajstić information content (AvgIpc) is 2.91. The van der Waals surface area contributed by atoms with Crippen molar-refractivity contribution in [1.82, 2.24) is 9.38 Å². The molecule has 1 unspecified atom stereocenters. The molecule has 1 amide bonds. The third-order valence-corrected chi connectivity index (χ3v) is 4.95. The van der Waals surface area contributed by atoms with Gasteiger partial charge in [0, 0.05) is 45.8 Å². The molecular weight excluding hydrogens is 393 g/mol. The summed E-state index contributed by atoms with van der Waals surface area (Å²) in [4.78, 5) is 16.4. The predicted octanol–water partition coefficient (Wildman–Crippen LogP) is 4.17. The minimum absolute atomic E-state index is 0.319. The first-order chi connectivity index (χ1) is 12.4. The minimum atomic E-state index is -1.02. The fourth-order valence-electron chi connectivity index (χ4n) is 2.46. The highest BCUT2D eigenvalue weighted by Crippen LogP contribution is 2.22. The second-order valence-electron chi connectivity index (χ2n) is 5.56. The zero-order valence-corrected chi connectivity index (χ0v) is 16.1. The lowest BCUT2D eigenvalue weighted by Crippen LogP contribution is -2.08. The van der Waals surface area contributed by atoms with E-state index in [1.807, 2.05) is 24.4 Å². The van der Waals surface area contributed by atoms with Crippen molar-refractivity contribution in [2.45, 2.75) is 5.75 Å². The van der Waals surface area contributed by atoms with Gasteiger partial charge in [-0.1, -0.05) is 29.3 Å². The minimum Gasteiger partial charge on any atom is -0.323 e. The number of aromatic nitrogens is 2. The SMILES string of the molecule is CS(=O)Cc1cc(NC(=O)/C=C/c2c(Cl)nc3ccccn23)ccc1Cl. The Morgan fingerprint density at radius 3 is 2.88 bits per heavy atom. The van der Waals surface area contributed by atoms with Crippen LogP contribution in [0.5, 0.6) is 0 Å². The Bertz CT molecular complexity index is 1030. The van der Waals surface area contributed by atoms with Crippen molar-refractivity contribution in [2.24, 2.45) is 0 Å². The van der Waals surface area contributed by atoms with E-state index in [9.17, 15) is 9.00 Å². The van der Waals surface area contributed by atoms with E-state index in [0.717, 1.165) is 5.56 Å². The molecule has 2 aromatic heterocycles. The number of imidazole rings is 1. The smallest absolute Gasteiger partial charge is 0.248 e. The van der Waals surface area contributed by atoms with E-state index in [-0.39, 0.29) is 5.91 Å². The molecule has 1 N–H and O–H groups in total. The standard InChI is InChI=1S/C18H15Cl2N3O2S/c1-26(25)11-12-10-13(5-6-14(12)19)21-17(24)8-7-15-18(20)22-16-4-2-3-9-23(15)16/h2-10H,11H2,1H3,(H,21,24)/b8-7+. The molecule has 1 atom stereocenters. The molecule has 3 aromatic rings. The number of benzene rings is 1. The number of anilines is 1. The molecule has 0 saturated heterocycles. The fraction of sp³-hybridized carbons (Fsp3) is 0.111. The van der Waals surface area contributed by atoms with E-state index >= 15 is 0 Å². The number of nitrogens with one attached hydrogen (secondary N) is 1. The van der Waals surface area contributed by atoms with Crippen LogP contribution in [0, 0.1) is 0 Å². The van der Waals surface area contributed by atoms with E-state index in [1.165, 1.54) is 6.08 Å². The van der Waals surface area contributed by atoms with E-state index < -0.39 is 10.8 Å². The van der Waals surface area contributed by atoms with Crippen molar-refractivity contribution < 1.29 is 9.00 Å². The Hall–Kier alpha value is -2.15. The lowest BCUT2D eigenvalue weighted by Gasteiger charge is -2.07. The van der Waals surface area contributed by atoms with Crippen molar-refractivity contribution in [3.8, 4) is 0 Å². The van der Waals surface area contributed by atoms with E-state index in [4.69, 9.17) is 23.2 Å². The maximum atomic E-state index is 12.2. The van der Waals surface area contributed by atoms with Gasteiger partial charge in [0.2, 0.25) is 5.91 Å². The third-order valence-electron chi connectivity index (χ3n) is 3.59. The van der Waals surface area contributed by atoms with Crippen LogP contribution in [0.4, 0.5) is 5.69 Å². The Balaban J connectivity index is 1.77. The number of hydrogen-bond acceptors (Lipinski definition) is 3. The molecule has 3 rings (SSSR count). The molecule has 0 saturated carbocycles. The summed E-state index contributed by atoms with van der Waals surface area (Å²) in [5.41, 5.74) is 2.62. The van der Waals surface area contributed by atoms with Crippen LogP contribution in [0.25, 0.3) is 11.7 Å². The number of fused-ring (bicyclic) bond motifs is 1. The van der Waals surface area contributed by atoms with Gasteiger partial charge in [-0.25, -0.2) is 4.98 Å². The van der Waals surface area contributed by atoms with Crippen molar-refractivity contribution in [2.75, 3.05) is 11.6 Å². The van der Waals surface area contributed by atoms with Crippen LogP contribution < -0.4 is 5.32 Å². The lowest BCUT2D eigenvalue weighted by atomic mass is 10.2. The van der Waals surface area contributed by atoms with Gasteiger partial charge in [-0.05, 0) is 42.0 Å². The third kappa shape index (κ3) is 4.33. The highest BCUT2D eigenvalue weighted by atomic mass is 35.5. The maximum absolute atomic E-state index is 12.2. The fourth-order valence-corrected chi connectivity index (χ4v) is 3.64. The van der Waals surface area contributed by atoms with Crippen LogP contribution >= 0.6 is 23.2 Å². The van der Waals surface area contributed by atoms with Gasteiger partial charge in [0.1, 0.15) is 5.65 Å². The molecule has 0 aliphatic rings. The van der Waals surface area contributed by atoms with Gasteiger partial charge in [-0.3, -0.25) is 13.4 Å². The van der Waals surface area contributed by atoms with Crippen LogP contribution in [0.1, 0.15) is 11.3 Å². The first-order valence-electron chi connectivity index (χ1n) is 7.64. The number of hydrogen-bond donors (Lipinski definition) is 1. The molecule has 2 heterocycles. The van der Waals surface area contributed by atoms with Gasteiger partial charge in [-0.15, -0.1) is 0 Å². The summed E-state index contributed by atoms with van der Waals surface area (Å²) in [6, 6.07) is 10.6. The number of rotatable bonds is 5. The van der Waals surface area contributed by atoms with Crippen LogP contribution in [0.15, 0.2) is 48.7 Å². The normalized spacial score (nSPS) is 12.6. The first kappa shape index (κ1) is 18.6. The van der Waals surface area contributed by atoms with Crippen molar-refractivity contribution >= 4 is 57.3 Å². The Morgan fingerprint density at radius 2 is 2.12 bits per heavy atom. The molecule has 0 spiro atoms. The number of carbonyl (C=O) groups is 1. The van der Waals surface area contributed by atoms with Crippen molar-refractivity contribution in [1.29, 1.82) is 0 Å². The second-order valence-corrected chi connectivity index (χ2v) is 7.76. The molecule has 0 fully saturated rings. The summed E-state index contributed by atoms with van der Waals surface area (Å²) >= 11 is 12.2. The van der Waals surface area contributed by atoms with Crippen molar-refractivity contribution in [3.05, 3.63) is 70.1 Å². The molecule has 8 heteroatoms. The van der Waals surface area contributed by atoms with Crippen LogP contribution in [0.2, 0.25) is 10.2 Å². The zero-order chi connectivity index (χ0) is 18.7. The topological polar surface area (TPSA) is 63.5 Å². The summed E-state index contributed by atoms with van der Waals surface area (Å²) in [6.07, 6.45) is 6.41. The monoisotopic (exact) mass is 407 g/mol. The van der Waals surface area contributed by atoms with E-state index in [1.54, 1.807) is 34.9 Å². The number of amides is 1. The van der Waals surface area contributed by atoms with Gasteiger partial charge < -0.3 is 5.32 Å².